The SMILES string of the molecule is CCCN(CC(=O)NC)c1cccc2c1CNCC2. The molecule has 0 bridgehead atoms. The summed E-state index contributed by atoms with van der Waals surface area (Å²) in [5.41, 5.74) is 3.97. The summed E-state index contributed by atoms with van der Waals surface area (Å²) in [5, 5.41) is 6.13. The van der Waals surface area contributed by atoms with Gasteiger partial charge in [0, 0.05) is 25.8 Å². The molecule has 1 aromatic rings. The lowest BCUT2D eigenvalue weighted by atomic mass is 9.98. The van der Waals surface area contributed by atoms with E-state index in [0.29, 0.717) is 6.54 Å². The Labute approximate surface area is 115 Å². The third-order valence-electron chi connectivity index (χ3n) is 3.57. The molecule has 104 valence electrons. The monoisotopic (exact) mass is 261 g/mol. The van der Waals surface area contributed by atoms with Gasteiger partial charge in [-0.3, -0.25) is 4.79 Å². The van der Waals surface area contributed by atoms with Crippen molar-refractivity contribution < 1.29 is 4.79 Å². The highest BCUT2D eigenvalue weighted by atomic mass is 16.1. The average molecular weight is 261 g/mol. The topological polar surface area (TPSA) is 44.4 Å². The lowest BCUT2D eigenvalue weighted by Crippen LogP contribution is -2.37. The van der Waals surface area contributed by atoms with Gasteiger partial charge < -0.3 is 15.5 Å². The summed E-state index contributed by atoms with van der Waals surface area (Å²) in [6, 6.07) is 6.43. The molecule has 0 atom stereocenters. The smallest absolute Gasteiger partial charge is 0.239 e. The van der Waals surface area contributed by atoms with Crippen LogP contribution in [0.1, 0.15) is 24.5 Å². The minimum Gasteiger partial charge on any atom is -0.362 e. The Morgan fingerprint density at radius 1 is 1.47 bits per heavy atom. The van der Waals surface area contributed by atoms with Crippen LogP contribution in [0.3, 0.4) is 0 Å². The summed E-state index contributed by atoms with van der Waals surface area (Å²) in [6.07, 6.45) is 2.11. The molecule has 0 spiro atoms. The normalized spacial score (nSPS) is 13.8. The van der Waals surface area contributed by atoms with Gasteiger partial charge in [-0.25, -0.2) is 0 Å². The average Bonchev–Trinajstić information content (AvgIpc) is 2.46. The number of carbonyl (C=O) groups excluding carboxylic acids is 1. The van der Waals surface area contributed by atoms with Gasteiger partial charge in [-0.2, -0.15) is 0 Å². The molecule has 0 saturated heterocycles. The maximum atomic E-state index is 11.7. The van der Waals surface area contributed by atoms with Gasteiger partial charge in [-0.15, -0.1) is 0 Å². The molecule has 1 amide bonds. The van der Waals surface area contributed by atoms with Crippen LogP contribution in [0, 0.1) is 0 Å². The van der Waals surface area contributed by atoms with E-state index in [1.165, 1.54) is 16.8 Å². The van der Waals surface area contributed by atoms with Crippen molar-refractivity contribution in [3.63, 3.8) is 0 Å². The number of nitrogens with one attached hydrogen (secondary N) is 2. The van der Waals surface area contributed by atoms with Crippen molar-refractivity contribution in [2.75, 3.05) is 31.6 Å². The van der Waals surface area contributed by atoms with Crippen molar-refractivity contribution in [1.29, 1.82) is 0 Å². The summed E-state index contributed by atoms with van der Waals surface area (Å²) in [4.78, 5) is 13.9. The highest BCUT2D eigenvalue weighted by Gasteiger charge is 2.17. The quantitative estimate of drug-likeness (QED) is 0.839. The maximum absolute atomic E-state index is 11.7. The number of anilines is 1. The number of amides is 1. The second-order valence-corrected chi connectivity index (χ2v) is 4.94. The summed E-state index contributed by atoms with van der Waals surface area (Å²) >= 11 is 0. The van der Waals surface area contributed by atoms with Gasteiger partial charge in [-0.1, -0.05) is 19.1 Å². The molecule has 19 heavy (non-hydrogen) atoms. The van der Waals surface area contributed by atoms with E-state index in [4.69, 9.17) is 0 Å². The summed E-state index contributed by atoms with van der Waals surface area (Å²) in [6.45, 7) is 5.42. The fraction of sp³-hybridized carbons (Fsp3) is 0.533. The molecule has 0 radical (unpaired) electrons. The zero-order chi connectivity index (χ0) is 13.7. The Kier molecular flexibility index (Phi) is 4.80. The first-order valence-electron chi connectivity index (χ1n) is 7.03. The number of hydrogen-bond donors (Lipinski definition) is 2. The van der Waals surface area contributed by atoms with E-state index in [2.05, 4.69) is 40.7 Å². The van der Waals surface area contributed by atoms with Crippen LogP contribution in [0.5, 0.6) is 0 Å². The van der Waals surface area contributed by atoms with E-state index in [9.17, 15) is 4.79 Å². The van der Waals surface area contributed by atoms with E-state index in [1.54, 1.807) is 7.05 Å². The number of rotatable bonds is 5. The second kappa shape index (κ2) is 6.57. The zero-order valence-corrected chi connectivity index (χ0v) is 11.8. The first kappa shape index (κ1) is 13.9. The molecule has 0 aromatic heterocycles. The Bertz CT molecular complexity index is 445. The number of hydrogen-bond acceptors (Lipinski definition) is 3. The fourth-order valence-corrected chi connectivity index (χ4v) is 2.60. The Morgan fingerprint density at radius 3 is 3.05 bits per heavy atom. The van der Waals surface area contributed by atoms with Crippen LogP contribution in [0.2, 0.25) is 0 Å². The van der Waals surface area contributed by atoms with Crippen molar-refractivity contribution in [3.8, 4) is 0 Å². The molecule has 2 rings (SSSR count). The van der Waals surface area contributed by atoms with Gasteiger partial charge in [0.1, 0.15) is 0 Å². The standard InChI is InChI=1S/C15H23N3O/c1-3-9-18(11-15(19)16-2)14-6-4-5-12-7-8-17-10-13(12)14/h4-6,17H,3,7-11H2,1-2H3,(H,16,19). The minimum atomic E-state index is 0.0646. The molecule has 0 aliphatic carbocycles. The molecule has 1 aromatic carbocycles. The maximum Gasteiger partial charge on any atom is 0.239 e. The Morgan fingerprint density at radius 2 is 2.32 bits per heavy atom. The van der Waals surface area contributed by atoms with Gasteiger partial charge in [0.15, 0.2) is 0 Å². The summed E-state index contributed by atoms with van der Waals surface area (Å²) in [7, 11) is 1.69. The highest BCUT2D eigenvalue weighted by molar-refractivity contribution is 5.81. The molecule has 1 aliphatic rings. The fourth-order valence-electron chi connectivity index (χ4n) is 2.60. The number of carbonyl (C=O) groups is 1. The van der Waals surface area contributed by atoms with Crippen LogP contribution in [-0.2, 0) is 17.8 Å². The molecular formula is C15H23N3O. The second-order valence-electron chi connectivity index (χ2n) is 4.94. The first-order valence-corrected chi connectivity index (χ1v) is 7.03. The van der Waals surface area contributed by atoms with Crippen molar-refractivity contribution in [3.05, 3.63) is 29.3 Å². The largest absolute Gasteiger partial charge is 0.362 e. The van der Waals surface area contributed by atoms with Gasteiger partial charge in [0.05, 0.1) is 6.54 Å². The molecule has 2 N–H and O–H groups in total. The number of likely N-dealkylation sites (N-methyl/N-ethyl adjacent to an activating group) is 1. The molecule has 0 unspecified atom stereocenters. The van der Waals surface area contributed by atoms with E-state index >= 15 is 0 Å². The van der Waals surface area contributed by atoms with Crippen LogP contribution in [0.15, 0.2) is 18.2 Å². The van der Waals surface area contributed by atoms with Gasteiger partial charge >= 0.3 is 0 Å². The van der Waals surface area contributed by atoms with E-state index in [-0.39, 0.29) is 5.91 Å². The molecule has 1 aliphatic heterocycles. The summed E-state index contributed by atoms with van der Waals surface area (Å²) in [5.74, 6) is 0.0646. The molecule has 4 heteroatoms. The van der Waals surface area contributed by atoms with E-state index in [1.807, 2.05) is 0 Å². The lowest BCUT2D eigenvalue weighted by Gasteiger charge is -2.29. The third kappa shape index (κ3) is 3.26. The van der Waals surface area contributed by atoms with Crippen LogP contribution in [0.4, 0.5) is 5.69 Å². The van der Waals surface area contributed by atoms with Crippen LogP contribution in [-0.4, -0.2) is 32.6 Å². The number of fused-ring (bicyclic) bond motifs is 1. The van der Waals surface area contributed by atoms with Crippen LogP contribution in [0.25, 0.3) is 0 Å². The van der Waals surface area contributed by atoms with E-state index in [0.717, 1.165) is 32.5 Å². The predicted molar refractivity (Wildman–Crippen MR) is 78.4 cm³/mol. The molecule has 1 heterocycles. The predicted octanol–water partition coefficient (Wildman–Crippen LogP) is 1.29. The number of nitrogens with zero attached hydrogens (tertiary/aromatic N) is 1. The Balaban J connectivity index is 2.27. The van der Waals surface area contributed by atoms with Gasteiger partial charge in [0.25, 0.3) is 0 Å². The van der Waals surface area contributed by atoms with Crippen molar-refractivity contribution in [2.45, 2.75) is 26.3 Å². The molecular weight excluding hydrogens is 238 g/mol. The van der Waals surface area contributed by atoms with Crippen molar-refractivity contribution in [2.24, 2.45) is 0 Å². The first-order chi connectivity index (χ1) is 9.26. The molecule has 0 saturated carbocycles. The molecule has 0 fully saturated rings. The Hall–Kier alpha value is -1.55. The highest BCUT2D eigenvalue weighted by Crippen LogP contribution is 2.26. The van der Waals surface area contributed by atoms with Gasteiger partial charge in [-0.05, 0) is 36.6 Å². The van der Waals surface area contributed by atoms with Crippen molar-refractivity contribution >= 4 is 11.6 Å². The minimum absolute atomic E-state index is 0.0646. The third-order valence-corrected chi connectivity index (χ3v) is 3.57. The summed E-state index contributed by atoms with van der Waals surface area (Å²) < 4.78 is 0. The van der Waals surface area contributed by atoms with Crippen LogP contribution < -0.4 is 15.5 Å². The van der Waals surface area contributed by atoms with Gasteiger partial charge in [0.2, 0.25) is 5.91 Å². The molecule has 4 nitrogen and oxygen atoms in total. The lowest BCUT2D eigenvalue weighted by molar-refractivity contribution is -0.119. The van der Waals surface area contributed by atoms with Crippen molar-refractivity contribution in [1.82, 2.24) is 10.6 Å². The van der Waals surface area contributed by atoms with E-state index < -0.39 is 0 Å². The zero-order valence-electron chi connectivity index (χ0n) is 11.8. The number of benzene rings is 1. The van der Waals surface area contributed by atoms with Crippen LogP contribution >= 0.6 is 0 Å².